The number of aryl methyl sites for hydroxylation is 1. The predicted octanol–water partition coefficient (Wildman–Crippen LogP) is 2.22. The van der Waals surface area contributed by atoms with Crippen LogP contribution in [0.1, 0.15) is 34.6 Å². The molecule has 1 aliphatic carbocycles. The molecule has 0 amide bonds. The number of thiazole rings is 1. The molecule has 0 aliphatic heterocycles. The maximum atomic E-state index is 11.5. The molecule has 1 heterocycles. The van der Waals surface area contributed by atoms with Crippen LogP contribution in [0.4, 0.5) is 5.13 Å². The fraction of sp³-hybridized carbons (Fsp3) is 0.667. The minimum Gasteiger partial charge on any atom is -0.464 e. The number of nitrogens with one attached hydrogen (secondary N) is 1. The lowest BCUT2D eigenvalue weighted by Gasteiger charge is -2.11. The molecular formula is C12H18N2O3S. The SMILES string of the molecule is COC(=O)c1nc(NC2CCC(OC)C2)sc1C. The van der Waals surface area contributed by atoms with E-state index in [2.05, 4.69) is 10.3 Å². The highest BCUT2D eigenvalue weighted by Crippen LogP contribution is 2.28. The van der Waals surface area contributed by atoms with Gasteiger partial charge < -0.3 is 14.8 Å². The monoisotopic (exact) mass is 270 g/mol. The van der Waals surface area contributed by atoms with Crippen LogP contribution >= 0.6 is 11.3 Å². The van der Waals surface area contributed by atoms with Crippen molar-refractivity contribution in [3.05, 3.63) is 10.6 Å². The molecule has 2 unspecified atom stereocenters. The van der Waals surface area contributed by atoms with Gasteiger partial charge in [-0.25, -0.2) is 9.78 Å². The molecule has 5 nitrogen and oxygen atoms in total. The van der Waals surface area contributed by atoms with Gasteiger partial charge in [0, 0.05) is 18.0 Å². The second-order valence-electron chi connectivity index (χ2n) is 4.43. The molecule has 0 spiro atoms. The first-order valence-corrected chi connectivity index (χ1v) is 6.80. The number of esters is 1. The van der Waals surface area contributed by atoms with Gasteiger partial charge in [-0.3, -0.25) is 0 Å². The first-order valence-electron chi connectivity index (χ1n) is 5.99. The number of aromatic nitrogens is 1. The van der Waals surface area contributed by atoms with Gasteiger partial charge in [0.05, 0.1) is 13.2 Å². The van der Waals surface area contributed by atoms with E-state index in [1.165, 1.54) is 18.4 Å². The van der Waals surface area contributed by atoms with Gasteiger partial charge in [0.15, 0.2) is 10.8 Å². The minimum atomic E-state index is -0.377. The minimum absolute atomic E-state index is 0.337. The second-order valence-corrected chi connectivity index (χ2v) is 5.63. The maximum absolute atomic E-state index is 11.5. The molecular weight excluding hydrogens is 252 g/mol. The molecule has 1 aromatic heterocycles. The second kappa shape index (κ2) is 5.67. The normalized spacial score (nSPS) is 23.1. The van der Waals surface area contributed by atoms with Crippen LogP contribution in [-0.2, 0) is 9.47 Å². The number of methoxy groups -OCH3 is 2. The van der Waals surface area contributed by atoms with Crippen LogP contribution in [0.2, 0.25) is 0 Å². The molecule has 0 bridgehead atoms. The van der Waals surface area contributed by atoms with Gasteiger partial charge >= 0.3 is 5.97 Å². The van der Waals surface area contributed by atoms with Crippen molar-refractivity contribution in [2.24, 2.45) is 0 Å². The zero-order chi connectivity index (χ0) is 13.1. The van der Waals surface area contributed by atoms with Crippen LogP contribution in [0.3, 0.4) is 0 Å². The maximum Gasteiger partial charge on any atom is 0.357 e. The third-order valence-corrected chi connectivity index (χ3v) is 4.12. The van der Waals surface area contributed by atoms with Crippen molar-refractivity contribution in [2.75, 3.05) is 19.5 Å². The Bertz CT molecular complexity index is 433. The summed E-state index contributed by atoms with van der Waals surface area (Å²) in [6.45, 7) is 1.88. The first kappa shape index (κ1) is 13.3. The Morgan fingerprint density at radius 2 is 2.22 bits per heavy atom. The van der Waals surface area contributed by atoms with E-state index in [-0.39, 0.29) is 5.97 Å². The Balaban J connectivity index is 2.00. The van der Waals surface area contributed by atoms with Gasteiger partial charge in [-0.2, -0.15) is 0 Å². The smallest absolute Gasteiger partial charge is 0.357 e. The average Bonchev–Trinajstić information content (AvgIpc) is 2.95. The molecule has 2 rings (SSSR count). The summed E-state index contributed by atoms with van der Waals surface area (Å²) in [6, 6.07) is 0.381. The van der Waals surface area contributed by atoms with Crippen molar-refractivity contribution in [1.82, 2.24) is 4.98 Å². The van der Waals surface area contributed by atoms with Crippen LogP contribution in [0, 0.1) is 6.92 Å². The topological polar surface area (TPSA) is 60.5 Å². The molecule has 6 heteroatoms. The third-order valence-electron chi connectivity index (χ3n) is 3.22. The molecule has 100 valence electrons. The standard InChI is InChI=1S/C12H18N2O3S/c1-7-10(11(15)17-3)14-12(18-7)13-8-4-5-9(6-8)16-2/h8-9H,4-6H2,1-3H3,(H,13,14). The molecule has 0 radical (unpaired) electrons. The molecule has 0 saturated heterocycles. The Morgan fingerprint density at radius 3 is 2.83 bits per heavy atom. The number of hydrogen-bond donors (Lipinski definition) is 1. The molecule has 18 heavy (non-hydrogen) atoms. The summed E-state index contributed by atoms with van der Waals surface area (Å²) in [4.78, 5) is 16.6. The van der Waals surface area contributed by atoms with Gasteiger partial charge in [-0.1, -0.05) is 0 Å². The molecule has 1 fully saturated rings. The lowest BCUT2D eigenvalue weighted by Crippen LogP contribution is -2.17. The summed E-state index contributed by atoms with van der Waals surface area (Å²) >= 11 is 1.49. The number of rotatable bonds is 4. The Morgan fingerprint density at radius 1 is 1.44 bits per heavy atom. The van der Waals surface area contributed by atoms with E-state index in [0.29, 0.717) is 17.8 Å². The van der Waals surface area contributed by atoms with E-state index in [4.69, 9.17) is 9.47 Å². The van der Waals surface area contributed by atoms with Crippen molar-refractivity contribution in [1.29, 1.82) is 0 Å². The van der Waals surface area contributed by atoms with Crippen molar-refractivity contribution in [2.45, 2.75) is 38.3 Å². The average molecular weight is 270 g/mol. The summed E-state index contributed by atoms with van der Waals surface area (Å²) in [5.74, 6) is -0.377. The zero-order valence-electron chi connectivity index (χ0n) is 10.9. The molecule has 1 saturated carbocycles. The third kappa shape index (κ3) is 2.81. The van der Waals surface area contributed by atoms with Gasteiger partial charge in [0.25, 0.3) is 0 Å². The fourth-order valence-corrected chi connectivity index (χ4v) is 3.08. The first-order chi connectivity index (χ1) is 8.63. The van der Waals surface area contributed by atoms with Crippen molar-refractivity contribution in [3.63, 3.8) is 0 Å². The Labute approximate surface area is 111 Å². The van der Waals surface area contributed by atoms with Crippen LogP contribution < -0.4 is 5.32 Å². The van der Waals surface area contributed by atoms with Crippen LogP contribution in [0.5, 0.6) is 0 Å². The van der Waals surface area contributed by atoms with Gasteiger partial charge in [0.1, 0.15) is 0 Å². The highest BCUT2D eigenvalue weighted by atomic mass is 32.1. The van der Waals surface area contributed by atoms with E-state index in [1.807, 2.05) is 6.92 Å². The number of anilines is 1. The lowest BCUT2D eigenvalue weighted by atomic mass is 10.2. The summed E-state index contributed by atoms with van der Waals surface area (Å²) in [5, 5.41) is 4.15. The van der Waals surface area contributed by atoms with E-state index < -0.39 is 0 Å². The van der Waals surface area contributed by atoms with Gasteiger partial charge in [0.2, 0.25) is 0 Å². The van der Waals surface area contributed by atoms with E-state index in [1.54, 1.807) is 7.11 Å². The quantitative estimate of drug-likeness (QED) is 0.850. The van der Waals surface area contributed by atoms with Crippen molar-refractivity contribution < 1.29 is 14.3 Å². The Hall–Kier alpha value is -1.14. The van der Waals surface area contributed by atoms with Gasteiger partial charge in [-0.15, -0.1) is 11.3 Å². The van der Waals surface area contributed by atoms with Crippen molar-refractivity contribution in [3.8, 4) is 0 Å². The lowest BCUT2D eigenvalue weighted by molar-refractivity contribution is 0.0594. The van der Waals surface area contributed by atoms with E-state index in [9.17, 15) is 4.79 Å². The summed E-state index contributed by atoms with van der Waals surface area (Å²) < 4.78 is 10.0. The highest BCUT2D eigenvalue weighted by molar-refractivity contribution is 7.15. The molecule has 1 aromatic rings. The van der Waals surface area contributed by atoms with E-state index >= 15 is 0 Å². The summed E-state index contributed by atoms with van der Waals surface area (Å²) in [5.41, 5.74) is 0.409. The van der Waals surface area contributed by atoms with Gasteiger partial charge in [-0.05, 0) is 26.2 Å². The summed E-state index contributed by atoms with van der Waals surface area (Å²) in [7, 11) is 3.12. The Kier molecular flexibility index (Phi) is 4.19. The molecule has 1 aliphatic rings. The number of hydrogen-bond acceptors (Lipinski definition) is 6. The highest BCUT2D eigenvalue weighted by Gasteiger charge is 2.25. The largest absolute Gasteiger partial charge is 0.464 e. The van der Waals surface area contributed by atoms with Crippen molar-refractivity contribution >= 4 is 22.4 Å². The van der Waals surface area contributed by atoms with E-state index in [0.717, 1.165) is 29.3 Å². The number of carbonyl (C=O) groups is 1. The summed E-state index contributed by atoms with van der Waals surface area (Å²) in [6.07, 6.45) is 3.47. The number of carbonyl (C=O) groups excluding carboxylic acids is 1. The van der Waals surface area contributed by atoms with Crippen LogP contribution in [0.15, 0.2) is 0 Å². The van der Waals surface area contributed by atoms with Crippen LogP contribution in [-0.4, -0.2) is 37.3 Å². The van der Waals surface area contributed by atoms with Crippen LogP contribution in [0.25, 0.3) is 0 Å². The zero-order valence-corrected chi connectivity index (χ0v) is 11.7. The predicted molar refractivity (Wildman–Crippen MR) is 70.2 cm³/mol. The fourth-order valence-electron chi connectivity index (χ4n) is 2.20. The number of nitrogens with zero attached hydrogens (tertiary/aromatic N) is 1. The molecule has 2 atom stereocenters. The molecule has 0 aromatic carbocycles. The molecule has 1 N–H and O–H groups in total. The number of ether oxygens (including phenoxy) is 2.